The van der Waals surface area contributed by atoms with Gasteiger partial charge in [-0.05, 0) is 43.4 Å². The number of rotatable bonds is 6. The van der Waals surface area contributed by atoms with Crippen LogP contribution < -0.4 is 0 Å². The Balaban J connectivity index is 1.23. The Labute approximate surface area is 122 Å². The van der Waals surface area contributed by atoms with Gasteiger partial charge >= 0.3 is 0 Å². The van der Waals surface area contributed by atoms with Crippen molar-refractivity contribution in [1.82, 2.24) is 0 Å². The Bertz CT molecular complexity index is 406. The third-order valence-electron chi connectivity index (χ3n) is 6.01. The fourth-order valence-electron chi connectivity index (χ4n) is 4.23. The van der Waals surface area contributed by atoms with Crippen molar-refractivity contribution in [1.29, 1.82) is 0 Å². The van der Waals surface area contributed by atoms with Gasteiger partial charge in [-0.25, -0.2) is 0 Å². The van der Waals surface area contributed by atoms with Crippen molar-refractivity contribution in [2.45, 2.75) is 71.2 Å². The highest BCUT2D eigenvalue weighted by Crippen LogP contribution is 2.53. The second-order valence-corrected chi connectivity index (χ2v) is 7.82. The Kier molecular flexibility index (Phi) is 3.23. The molecule has 2 unspecified atom stereocenters. The summed E-state index contributed by atoms with van der Waals surface area (Å²) in [7, 11) is 0. The molecule has 2 saturated carbocycles. The Morgan fingerprint density at radius 2 is 2.00 bits per heavy atom. The zero-order valence-corrected chi connectivity index (χ0v) is 12.9. The second-order valence-electron chi connectivity index (χ2n) is 7.82. The van der Waals surface area contributed by atoms with E-state index in [2.05, 4.69) is 19.9 Å². The van der Waals surface area contributed by atoms with Crippen LogP contribution in [0.1, 0.15) is 58.8 Å². The molecule has 0 bridgehead atoms. The molecule has 1 aliphatic heterocycles. The van der Waals surface area contributed by atoms with Gasteiger partial charge in [0.25, 0.3) is 0 Å². The molecule has 2 heteroatoms. The van der Waals surface area contributed by atoms with E-state index in [1.54, 1.807) is 5.57 Å². The molecule has 112 valence electrons. The molecule has 1 saturated heterocycles. The Morgan fingerprint density at radius 3 is 2.70 bits per heavy atom. The molecular weight excluding hydrogens is 248 g/mol. The molecule has 0 radical (unpaired) electrons. The van der Waals surface area contributed by atoms with Crippen LogP contribution in [0, 0.1) is 23.2 Å². The molecule has 4 atom stereocenters. The van der Waals surface area contributed by atoms with Gasteiger partial charge in [0.1, 0.15) is 6.10 Å². The van der Waals surface area contributed by atoms with Crippen LogP contribution >= 0.6 is 0 Å². The van der Waals surface area contributed by atoms with Crippen LogP contribution in [0.25, 0.3) is 0 Å². The van der Waals surface area contributed by atoms with Crippen molar-refractivity contribution < 1.29 is 9.47 Å². The standard InChI is InChI=1S/C18H28O2/c1-12(13-6-4-3-5-7-13)15-10-18(15,2)11-19-17-16(20-17)14-8-9-14/h10,12-14,16-17H,3-9,11H2,1-2H3/t12-,16?,17?,18-/m0/s1. The average molecular weight is 276 g/mol. The van der Waals surface area contributed by atoms with Crippen molar-refractivity contribution in [3.63, 3.8) is 0 Å². The van der Waals surface area contributed by atoms with Crippen LogP contribution in [0.2, 0.25) is 0 Å². The van der Waals surface area contributed by atoms with E-state index in [0.29, 0.717) is 6.10 Å². The summed E-state index contributed by atoms with van der Waals surface area (Å²) in [5.41, 5.74) is 1.91. The van der Waals surface area contributed by atoms with E-state index in [1.807, 2.05) is 0 Å². The summed E-state index contributed by atoms with van der Waals surface area (Å²) < 4.78 is 11.6. The molecule has 0 amide bonds. The molecule has 0 spiro atoms. The van der Waals surface area contributed by atoms with Gasteiger partial charge in [0, 0.05) is 5.41 Å². The lowest BCUT2D eigenvalue weighted by atomic mass is 9.77. The van der Waals surface area contributed by atoms with E-state index in [-0.39, 0.29) is 11.7 Å². The van der Waals surface area contributed by atoms with Crippen molar-refractivity contribution in [3.8, 4) is 0 Å². The van der Waals surface area contributed by atoms with Crippen molar-refractivity contribution in [3.05, 3.63) is 11.6 Å². The zero-order chi connectivity index (χ0) is 13.7. The first-order valence-electron chi connectivity index (χ1n) is 8.68. The van der Waals surface area contributed by atoms with E-state index in [4.69, 9.17) is 9.47 Å². The van der Waals surface area contributed by atoms with Crippen molar-refractivity contribution >= 4 is 0 Å². The number of hydrogen-bond acceptors (Lipinski definition) is 2. The van der Waals surface area contributed by atoms with E-state index >= 15 is 0 Å². The molecule has 4 aliphatic rings. The number of hydrogen-bond donors (Lipinski definition) is 0. The molecule has 3 fully saturated rings. The molecule has 0 aromatic rings. The van der Waals surface area contributed by atoms with Gasteiger partial charge in [0.2, 0.25) is 0 Å². The largest absolute Gasteiger partial charge is 0.349 e. The number of epoxide rings is 1. The summed E-state index contributed by atoms with van der Waals surface area (Å²) in [6.07, 6.45) is 12.9. The van der Waals surface area contributed by atoms with Crippen LogP contribution in [0.4, 0.5) is 0 Å². The smallest absolute Gasteiger partial charge is 0.184 e. The maximum absolute atomic E-state index is 5.99. The summed E-state index contributed by atoms with van der Waals surface area (Å²) >= 11 is 0. The molecular formula is C18H28O2. The summed E-state index contributed by atoms with van der Waals surface area (Å²) in [6, 6.07) is 0. The Morgan fingerprint density at radius 1 is 1.25 bits per heavy atom. The molecule has 20 heavy (non-hydrogen) atoms. The minimum Gasteiger partial charge on any atom is -0.349 e. The minimum absolute atomic E-state index is 0.125. The third-order valence-corrected chi connectivity index (χ3v) is 6.01. The predicted molar refractivity (Wildman–Crippen MR) is 79.3 cm³/mol. The van der Waals surface area contributed by atoms with E-state index < -0.39 is 0 Å². The lowest BCUT2D eigenvalue weighted by molar-refractivity contribution is 0.0274. The van der Waals surface area contributed by atoms with Crippen LogP contribution in [0.3, 0.4) is 0 Å². The normalized spacial score (nSPS) is 42.2. The summed E-state index contributed by atoms with van der Waals surface area (Å²) in [5.74, 6) is 2.51. The monoisotopic (exact) mass is 276 g/mol. The number of ether oxygens (including phenoxy) is 2. The minimum atomic E-state index is 0.125. The van der Waals surface area contributed by atoms with Gasteiger partial charge in [-0.2, -0.15) is 0 Å². The molecule has 3 aliphatic carbocycles. The molecule has 0 aromatic carbocycles. The fraction of sp³-hybridized carbons (Fsp3) is 0.889. The molecule has 4 rings (SSSR count). The summed E-state index contributed by atoms with van der Waals surface area (Å²) in [4.78, 5) is 0. The average Bonchev–Trinajstić information content (AvgIpc) is 3.33. The SMILES string of the molecule is C[C@H](C1=C[C@@]1(C)COC1OC1C1CC1)C1CCCCC1. The van der Waals surface area contributed by atoms with Gasteiger partial charge in [0.15, 0.2) is 6.29 Å². The van der Waals surface area contributed by atoms with Gasteiger partial charge < -0.3 is 9.47 Å². The quantitative estimate of drug-likeness (QED) is 0.533. The molecule has 1 heterocycles. The highest BCUT2D eigenvalue weighted by Gasteiger charge is 2.52. The van der Waals surface area contributed by atoms with Gasteiger partial charge in [0.05, 0.1) is 6.61 Å². The van der Waals surface area contributed by atoms with Gasteiger partial charge in [-0.3, -0.25) is 0 Å². The fourth-order valence-corrected chi connectivity index (χ4v) is 4.23. The maximum atomic E-state index is 5.99. The van der Waals surface area contributed by atoms with E-state index in [9.17, 15) is 0 Å². The summed E-state index contributed by atoms with van der Waals surface area (Å²) in [5, 5.41) is 0. The lowest BCUT2D eigenvalue weighted by Crippen LogP contribution is -2.20. The Hall–Kier alpha value is -0.340. The van der Waals surface area contributed by atoms with Crippen molar-refractivity contribution in [2.75, 3.05) is 6.61 Å². The molecule has 0 N–H and O–H groups in total. The van der Waals surface area contributed by atoms with Crippen LogP contribution in [-0.2, 0) is 9.47 Å². The van der Waals surface area contributed by atoms with E-state index in [1.165, 1.54) is 44.9 Å². The van der Waals surface area contributed by atoms with Crippen LogP contribution in [-0.4, -0.2) is 19.0 Å². The van der Waals surface area contributed by atoms with Crippen LogP contribution in [0.15, 0.2) is 11.6 Å². The van der Waals surface area contributed by atoms with Crippen molar-refractivity contribution in [2.24, 2.45) is 23.2 Å². The highest BCUT2D eigenvalue weighted by molar-refractivity contribution is 5.39. The first-order valence-corrected chi connectivity index (χ1v) is 8.68. The lowest BCUT2D eigenvalue weighted by Gasteiger charge is -2.28. The molecule has 0 aromatic heterocycles. The van der Waals surface area contributed by atoms with Crippen LogP contribution in [0.5, 0.6) is 0 Å². The first kappa shape index (κ1) is 13.3. The van der Waals surface area contributed by atoms with E-state index in [0.717, 1.165) is 24.4 Å². The predicted octanol–water partition coefficient (Wildman–Crippen LogP) is 4.30. The summed E-state index contributed by atoms with van der Waals surface area (Å²) in [6.45, 7) is 5.62. The van der Waals surface area contributed by atoms with Gasteiger partial charge in [-0.1, -0.05) is 44.8 Å². The van der Waals surface area contributed by atoms with Gasteiger partial charge in [-0.15, -0.1) is 0 Å². The highest BCUT2D eigenvalue weighted by atomic mass is 16.8. The topological polar surface area (TPSA) is 21.8 Å². The molecule has 2 nitrogen and oxygen atoms in total. The third kappa shape index (κ3) is 2.57. The first-order chi connectivity index (χ1) is 9.67. The zero-order valence-electron chi connectivity index (χ0n) is 12.9. The maximum Gasteiger partial charge on any atom is 0.184 e. The second kappa shape index (κ2) is 4.84.